The number of aromatic nitrogens is 4. The van der Waals surface area contributed by atoms with Crippen molar-refractivity contribution in [2.75, 3.05) is 0 Å². The number of nitrogens with one attached hydrogen (secondary N) is 1. The third-order valence-electron chi connectivity index (χ3n) is 4.84. The molecular formula is C21H24N4O2S. The van der Waals surface area contributed by atoms with E-state index in [1.165, 1.54) is 18.7 Å². The lowest BCUT2D eigenvalue weighted by Crippen LogP contribution is -2.16. The molecule has 146 valence electrons. The van der Waals surface area contributed by atoms with Gasteiger partial charge in [0.1, 0.15) is 5.82 Å². The quantitative estimate of drug-likeness (QED) is 0.493. The first-order chi connectivity index (χ1) is 13.2. The van der Waals surface area contributed by atoms with Gasteiger partial charge in [0, 0.05) is 11.3 Å². The Balaban J connectivity index is 1.92. The SMILES string of the molecule is CC(=O)c1c(C)[nH]c(C(=O)C(C)Sc2nnc(C)n2-c2ccccc2C)c1C. The monoisotopic (exact) mass is 396 g/mol. The average Bonchev–Trinajstić information content (AvgIpc) is 3.14. The first-order valence-corrected chi connectivity index (χ1v) is 9.99. The predicted octanol–water partition coefficient (Wildman–Crippen LogP) is 4.40. The third-order valence-corrected chi connectivity index (χ3v) is 5.88. The van der Waals surface area contributed by atoms with Gasteiger partial charge in [-0.2, -0.15) is 0 Å². The number of H-pyrrole nitrogens is 1. The summed E-state index contributed by atoms with van der Waals surface area (Å²) in [7, 11) is 0. The van der Waals surface area contributed by atoms with Gasteiger partial charge in [0.25, 0.3) is 0 Å². The molecule has 0 aliphatic rings. The average molecular weight is 397 g/mol. The number of hydrogen-bond acceptors (Lipinski definition) is 5. The number of para-hydroxylation sites is 1. The first kappa shape index (κ1) is 20.1. The summed E-state index contributed by atoms with van der Waals surface area (Å²) in [6, 6.07) is 8.01. The number of aromatic amines is 1. The van der Waals surface area contributed by atoms with Gasteiger partial charge in [0.15, 0.2) is 16.7 Å². The lowest BCUT2D eigenvalue weighted by atomic mass is 10.0. The van der Waals surface area contributed by atoms with Crippen LogP contribution in [0.15, 0.2) is 29.4 Å². The summed E-state index contributed by atoms with van der Waals surface area (Å²) < 4.78 is 1.97. The van der Waals surface area contributed by atoms with Crippen molar-refractivity contribution >= 4 is 23.3 Å². The van der Waals surface area contributed by atoms with Gasteiger partial charge >= 0.3 is 0 Å². The highest BCUT2D eigenvalue weighted by Gasteiger charge is 2.26. The molecule has 1 unspecified atom stereocenters. The van der Waals surface area contributed by atoms with Crippen molar-refractivity contribution in [3.05, 3.63) is 58.2 Å². The Morgan fingerprint density at radius 3 is 2.39 bits per heavy atom. The van der Waals surface area contributed by atoms with E-state index < -0.39 is 0 Å². The molecule has 2 heterocycles. The molecule has 0 saturated heterocycles. The minimum atomic E-state index is -0.386. The smallest absolute Gasteiger partial charge is 0.196 e. The van der Waals surface area contributed by atoms with Crippen LogP contribution in [0.1, 0.15) is 57.3 Å². The fraction of sp³-hybridized carbons (Fsp3) is 0.333. The standard InChI is InChI=1S/C21H24N4O2S/c1-11-9-7-8-10-17(11)25-16(6)23-24-21(25)28-15(5)20(27)19-12(2)18(14(4)26)13(3)22-19/h7-10,15,22H,1-6H3. The Kier molecular flexibility index (Phi) is 5.56. The molecule has 2 aromatic heterocycles. The number of benzene rings is 1. The van der Waals surface area contributed by atoms with Crippen LogP contribution in [-0.2, 0) is 0 Å². The van der Waals surface area contributed by atoms with Gasteiger partial charge in [-0.05, 0) is 58.7 Å². The molecule has 7 heteroatoms. The molecule has 0 saturated carbocycles. The van der Waals surface area contributed by atoms with E-state index in [1.807, 2.05) is 63.5 Å². The van der Waals surface area contributed by atoms with Crippen LogP contribution in [-0.4, -0.2) is 36.6 Å². The minimum absolute atomic E-state index is 0.0412. The molecule has 0 aliphatic carbocycles. The van der Waals surface area contributed by atoms with E-state index in [1.54, 1.807) is 0 Å². The zero-order valence-electron chi connectivity index (χ0n) is 17.0. The van der Waals surface area contributed by atoms with Crippen LogP contribution in [0, 0.1) is 27.7 Å². The summed E-state index contributed by atoms with van der Waals surface area (Å²) in [5.41, 5.74) is 4.62. The molecule has 0 bridgehead atoms. The van der Waals surface area contributed by atoms with Crippen molar-refractivity contribution in [3.8, 4) is 5.69 Å². The van der Waals surface area contributed by atoms with Crippen molar-refractivity contribution in [2.24, 2.45) is 0 Å². The Hall–Kier alpha value is -2.67. The lowest BCUT2D eigenvalue weighted by Gasteiger charge is -2.13. The maximum Gasteiger partial charge on any atom is 0.196 e. The molecule has 0 radical (unpaired) electrons. The Morgan fingerprint density at radius 1 is 1.11 bits per heavy atom. The van der Waals surface area contributed by atoms with Crippen molar-refractivity contribution < 1.29 is 9.59 Å². The van der Waals surface area contributed by atoms with E-state index in [-0.39, 0.29) is 16.8 Å². The number of hydrogen-bond donors (Lipinski definition) is 1. The Labute approximate surface area is 168 Å². The molecular weight excluding hydrogens is 372 g/mol. The molecule has 1 N–H and O–H groups in total. The van der Waals surface area contributed by atoms with E-state index >= 15 is 0 Å². The fourth-order valence-electron chi connectivity index (χ4n) is 3.45. The minimum Gasteiger partial charge on any atom is -0.355 e. The number of Topliss-reactive ketones (excluding diaryl/α,β-unsaturated/α-hetero) is 2. The molecule has 1 atom stereocenters. The Bertz CT molecular complexity index is 1060. The van der Waals surface area contributed by atoms with Crippen LogP contribution >= 0.6 is 11.8 Å². The normalized spacial score (nSPS) is 12.2. The number of rotatable bonds is 6. The van der Waals surface area contributed by atoms with Crippen LogP contribution in [0.2, 0.25) is 0 Å². The van der Waals surface area contributed by atoms with Gasteiger partial charge in [-0.3, -0.25) is 14.2 Å². The number of aryl methyl sites for hydroxylation is 3. The molecule has 6 nitrogen and oxygen atoms in total. The number of ketones is 2. The largest absolute Gasteiger partial charge is 0.355 e. The van der Waals surface area contributed by atoms with E-state index in [0.29, 0.717) is 22.0 Å². The third kappa shape index (κ3) is 3.54. The van der Waals surface area contributed by atoms with Crippen molar-refractivity contribution in [1.29, 1.82) is 0 Å². The maximum absolute atomic E-state index is 13.1. The maximum atomic E-state index is 13.1. The second kappa shape index (κ2) is 7.75. The van der Waals surface area contributed by atoms with Crippen LogP contribution in [0.5, 0.6) is 0 Å². The topological polar surface area (TPSA) is 80.6 Å². The summed E-state index contributed by atoms with van der Waals surface area (Å²) in [4.78, 5) is 28.0. The number of carbonyl (C=O) groups excluding carboxylic acids is 2. The van der Waals surface area contributed by atoms with Gasteiger partial charge < -0.3 is 4.98 Å². The molecule has 3 aromatic rings. The van der Waals surface area contributed by atoms with Gasteiger partial charge in [0.05, 0.1) is 16.6 Å². The zero-order valence-corrected chi connectivity index (χ0v) is 17.8. The summed E-state index contributed by atoms with van der Waals surface area (Å²) >= 11 is 1.36. The van der Waals surface area contributed by atoms with Gasteiger partial charge in [-0.1, -0.05) is 30.0 Å². The molecule has 0 amide bonds. The lowest BCUT2D eigenvalue weighted by molar-refractivity contribution is 0.0988. The van der Waals surface area contributed by atoms with Crippen molar-refractivity contribution in [2.45, 2.75) is 51.9 Å². The molecule has 28 heavy (non-hydrogen) atoms. The summed E-state index contributed by atoms with van der Waals surface area (Å²) in [6.07, 6.45) is 0. The molecule has 3 rings (SSSR count). The van der Waals surface area contributed by atoms with Crippen molar-refractivity contribution in [3.63, 3.8) is 0 Å². The van der Waals surface area contributed by atoms with Gasteiger partial charge in [0.2, 0.25) is 0 Å². The van der Waals surface area contributed by atoms with Crippen molar-refractivity contribution in [1.82, 2.24) is 19.7 Å². The summed E-state index contributed by atoms with van der Waals surface area (Å²) in [6.45, 7) is 10.9. The van der Waals surface area contributed by atoms with Gasteiger partial charge in [-0.15, -0.1) is 10.2 Å². The molecule has 0 aliphatic heterocycles. The van der Waals surface area contributed by atoms with Crippen LogP contribution < -0.4 is 0 Å². The van der Waals surface area contributed by atoms with E-state index in [0.717, 1.165) is 22.8 Å². The molecule has 1 aromatic carbocycles. The van der Waals surface area contributed by atoms with Crippen LogP contribution in [0.3, 0.4) is 0 Å². The first-order valence-electron chi connectivity index (χ1n) is 9.11. The highest BCUT2D eigenvalue weighted by molar-refractivity contribution is 8.00. The Morgan fingerprint density at radius 2 is 1.79 bits per heavy atom. The fourth-order valence-corrected chi connectivity index (χ4v) is 4.42. The number of nitrogens with zero attached hydrogens (tertiary/aromatic N) is 3. The summed E-state index contributed by atoms with van der Waals surface area (Å²) in [5.74, 6) is 0.665. The highest BCUT2D eigenvalue weighted by Crippen LogP contribution is 2.30. The number of thioether (sulfide) groups is 1. The zero-order chi connectivity index (χ0) is 20.6. The van der Waals surface area contributed by atoms with E-state index in [4.69, 9.17) is 0 Å². The van der Waals surface area contributed by atoms with Crippen LogP contribution in [0.25, 0.3) is 5.69 Å². The predicted molar refractivity (Wildman–Crippen MR) is 111 cm³/mol. The number of carbonyl (C=O) groups is 2. The molecule has 0 spiro atoms. The van der Waals surface area contributed by atoms with E-state index in [9.17, 15) is 9.59 Å². The second-order valence-electron chi connectivity index (χ2n) is 6.96. The van der Waals surface area contributed by atoms with Gasteiger partial charge in [-0.25, -0.2) is 0 Å². The summed E-state index contributed by atoms with van der Waals surface area (Å²) in [5, 5.41) is 8.77. The van der Waals surface area contributed by atoms with Crippen LogP contribution in [0.4, 0.5) is 0 Å². The molecule has 0 fully saturated rings. The van der Waals surface area contributed by atoms with E-state index in [2.05, 4.69) is 15.2 Å². The highest BCUT2D eigenvalue weighted by atomic mass is 32.2. The second-order valence-corrected chi connectivity index (χ2v) is 8.27.